The lowest BCUT2D eigenvalue weighted by molar-refractivity contribution is -0.138. The van der Waals surface area contributed by atoms with E-state index >= 15 is 0 Å². The Kier molecular flexibility index (Phi) is 5.87. The summed E-state index contributed by atoms with van der Waals surface area (Å²) in [5, 5.41) is 12.3. The molecule has 4 nitrogen and oxygen atoms in total. The Labute approximate surface area is 123 Å². The number of carboxylic acids is 1. The number of aliphatic carboxylic acids is 1. The first-order chi connectivity index (χ1) is 9.20. The number of halogens is 1. The first kappa shape index (κ1) is 15.9. The molecule has 1 atom stereocenters. The van der Waals surface area contributed by atoms with Crippen LogP contribution in [0.3, 0.4) is 0 Å². The highest BCUT2D eigenvalue weighted by molar-refractivity contribution is 5.85. The molecule has 0 spiro atoms. The molecule has 2 aromatic rings. The molecule has 0 heterocycles. The maximum absolute atomic E-state index is 11.4. The highest BCUT2D eigenvalue weighted by Crippen LogP contribution is 2.22. The third-order valence-corrected chi connectivity index (χ3v) is 2.78. The van der Waals surface area contributed by atoms with E-state index in [0.29, 0.717) is 11.3 Å². The zero-order valence-electron chi connectivity index (χ0n) is 10.9. The molecule has 2 aromatic carbocycles. The molecule has 0 fully saturated rings. The number of carbonyl (C=O) groups is 1. The highest BCUT2D eigenvalue weighted by atomic mass is 35.5. The van der Waals surface area contributed by atoms with Crippen LogP contribution in [0.5, 0.6) is 5.75 Å². The molecular weight excluding hydrogens is 278 g/mol. The summed E-state index contributed by atoms with van der Waals surface area (Å²) in [4.78, 5) is 11.4. The van der Waals surface area contributed by atoms with Gasteiger partial charge in [0.25, 0.3) is 0 Å². The monoisotopic (exact) mass is 293 g/mol. The van der Waals surface area contributed by atoms with Gasteiger partial charge in [-0.2, -0.15) is 0 Å². The Bertz CT molecular complexity index is 543. The molecule has 0 saturated heterocycles. The van der Waals surface area contributed by atoms with Gasteiger partial charge in [-0.05, 0) is 29.8 Å². The van der Waals surface area contributed by atoms with E-state index in [-0.39, 0.29) is 12.4 Å². The van der Waals surface area contributed by atoms with E-state index in [9.17, 15) is 9.90 Å². The predicted octanol–water partition coefficient (Wildman–Crippen LogP) is 3.35. The van der Waals surface area contributed by atoms with E-state index in [0.717, 1.165) is 5.69 Å². The summed E-state index contributed by atoms with van der Waals surface area (Å²) >= 11 is 0. The van der Waals surface area contributed by atoms with Crippen LogP contribution in [-0.2, 0) is 4.79 Å². The van der Waals surface area contributed by atoms with Gasteiger partial charge in [0.1, 0.15) is 5.75 Å². The average molecular weight is 294 g/mol. The zero-order chi connectivity index (χ0) is 13.7. The first-order valence-corrected chi connectivity index (χ1v) is 5.89. The summed E-state index contributed by atoms with van der Waals surface area (Å²) in [6.07, 6.45) is 0. The van der Waals surface area contributed by atoms with Crippen LogP contribution in [0, 0.1) is 0 Å². The molecule has 0 aliphatic heterocycles. The van der Waals surface area contributed by atoms with Crippen molar-refractivity contribution in [1.82, 2.24) is 0 Å². The molecule has 1 unspecified atom stereocenters. The maximum atomic E-state index is 11.4. The predicted molar refractivity (Wildman–Crippen MR) is 80.7 cm³/mol. The summed E-state index contributed by atoms with van der Waals surface area (Å²) in [6, 6.07) is 15.5. The SMILES string of the molecule is COc1ccc(C(Nc2ccccc2)C(=O)O)cc1.Cl. The van der Waals surface area contributed by atoms with Gasteiger partial charge in [0.15, 0.2) is 6.04 Å². The van der Waals surface area contributed by atoms with E-state index in [1.165, 1.54) is 0 Å². The van der Waals surface area contributed by atoms with Gasteiger partial charge in [0, 0.05) is 5.69 Å². The molecule has 0 aliphatic rings. The molecule has 0 aliphatic carbocycles. The van der Waals surface area contributed by atoms with Crippen LogP contribution < -0.4 is 10.1 Å². The van der Waals surface area contributed by atoms with E-state index < -0.39 is 12.0 Å². The molecule has 0 radical (unpaired) electrons. The Morgan fingerprint density at radius 2 is 1.70 bits per heavy atom. The number of benzene rings is 2. The quantitative estimate of drug-likeness (QED) is 0.887. The number of para-hydroxylation sites is 1. The van der Waals surface area contributed by atoms with E-state index in [1.54, 1.807) is 31.4 Å². The maximum Gasteiger partial charge on any atom is 0.330 e. The fourth-order valence-corrected chi connectivity index (χ4v) is 1.79. The Morgan fingerprint density at radius 1 is 1.10 bits per heavy atom. The minimum absolute atomic E-state index is 0. The summed E-state index contributed by atoms with van der Waals surface area (Å²) < 4.78 is 5.06. The molecule has 0 aromatic heterocycles. The molecule has 0 bridgehead atoms. The Morgan fingerprint density at radius 3 is 2.20 bits per heavy atom. The second-order valence-corrected chi connectivity index (χ2v) is 4.05. The van der Waals surface area contributed by atoms with Crippen molar-refractivity contribution in [3.63, 3.8) is 0 Å². The second kappa shape index (κ2) is 7.40. The van der Waals surface area contributed by atoms with E-state index in [1.807, 2.05) is 30.3 Å². The number of hydrogen-bond donors (Lipinski definition) is 2. The molecular formula is C15H16ClNO3. The van der Waals surface area contributed by atoms with E-state index in [4.69, 9.17) is 4.74 Å². The number of hydrogen-bond acceptors (Lipinski definition) is 3. The van der Waals surface area contributed by atoms with Gasteiger partial charge in [-0.3, -0.25) is 0 Å². The van der Waals surface area contributed by atoms with Crippen molar-refractivity contribution in [2.75, 3.05) is 12.4 Å². The molecule has 2 rings (SSSR count). The van der Waals surface area contributed by atoms with E-state index in [2.05, 4.69) is 5.32 Å². The number of carboxylic acid groups (broad SMARTS) is 1. The Balaban J connectivity index is 0.00000200. The van der Waals surface area contributed by atoms with Crippen LogP contribution in [0.25, 0.3) is 0 Å². The van der Waals surface area contributed by atoms with Crippen LogP contribution in [0.1, 0.15) is 11.6 Å². The summed E-state index contributed by atoms with van der Waals surface area (Å²) in [5.74, 6) is -0.221. The normalized spacial score (nSPS) is 11.1. The standard InChI is InChI=1S/C15H15NO3.ClH/c1-19-13-9-7-11(8-10-13)14(15(17)18)16-12-5-3-2-4-6-12;/h2-10,14,16H,1H3,(H,17,18);1H. The summed E-state index contributed by atoms with van der Waals surface area (Å²) in [7, 11) is 1.58. The Hall–Kier alpha value is -2.20. The fourth-order valence-electron chi connectivity index (χ4n) is 1.79. The number of nitrogens with one attached hydrogen (secondary N) is 1. The minimum Gasteiger partial charge on any atom is -0.497 e. The van der Waals surface area contributed by atoms with Gasteiger partial charge in [0.05, 0.1) is 7.11 Å². The highest BCUT2D eigenvalue weighted by Gasteiger charge is 2.19. The van der Waals surface area contributed by atoms with Crippen molar-refractivity contribution in [3.05, 3.63) is 60.2 Å². The largest absolute Gasteiger partial charge is 0.497 e. The zero-order valence-corrected chi connectivity index (χ0v) is 11.8. The molecule has 2 N–H and O–H groups in total. The number of ether oxygens (including phenoxy) is 1. The summed E-state index contributed by atoms with van der Waals surface area (Å²) in [6.45, 7) is 0. The van der Waals surface area contributed by atoms with Crippen LogP contribution in [-0.4, -0.2) is 18.2 Å². The van der Waals surface area contributed by atoms with Crippen LogP contribution in [0.2, 0.25) is 0 Å². The fraction of sp³-hybridized carbons (Fsp3) is 0.133. The molecule has 0 saturated carbocycles. The van der Waals surface area contributed by atoms with Gasteiger partial charge in [-0.25, -0.2) is 4.79 Å². The van der Waals surface area contributed by atoms with Gasteiger partial charge in [0.2, 0.25) is 0 Å². The third kappa shape index (κ3) is 3.90. The van der Waals surface area contributed by atoms with Gasteiger partial charge in [-0.1, -0.05) is 30.3 Å². The van der Waals surface area contributed by atoms with Crippen LogP contribution >= 0.6 is 12.4 Å². The lowest BCUT2D eigenvalue weighted by Crippen LogP contribution is -2.20. The van der Waals surface area contributed by atoms with Crippen molar-refractivity contribution >= 4 is 24.1 Å². The lowest BCUT2D eigenvalue weighted by Gasteiger charge is -2.16. The lowest BCUT2D eigenvalue weighted by atomic mass is 10.1. The second-order valence-electron chi connectivity index (χ2n) is 4.05. The third-order valence-electron chi connectivity index (χ3n) is 2.78. The molecule has 0 amide bonds. The number of anilines is 1. The average Bonchev–Trinajstić information content (AvgIpc) is 2.46. The molecule has 5 heteroatoms. The van der Waals surface area contributed by atoms with Crippen molar-refractivity contribution < 1.29 is 14.6 Å². The van der Waals surface area contributed by atoms with Crippen molar-refractivity contribution in [2.24, 2.45) is 0 Å². The number of methoxy groups -OCH3 is 1. The van der Waals surface area contributed by atoms with Gasteiger partial charge in [-0.15, -0.1) is 12.4 Å². The smallest absolute Gasteiger partial charge is 0.330 e. The molecule has 20 heavy (non-hydrogen) atoms. The first-order valence-electron chi connectivity index (χ1n) is 5.89. The van der Waals surface area contributed by atoms with Crippen molar-refractivity contribution in [1.29, 1.82) is 0 Å². The van der Waals surface area contributed by atoms with Crippen molar-refractivity contribution in [3.8, 4) is 5.75 Å². The topological polar surface area (TPSA) is 58.6 Å². The van der Waals surface area contributed by atoms with Gasteiger partial charge < -0.3 is 15.2 Å². The van der Waals surface area contributed by atoms with Crippen LogP contribution in [0.15, 0.2) is 54.6 Å². The minimum atomic E-state index is -0.922. The summed E-state index contributed by atoms with van der Waals surface area (Å²) in [5.41, 5.74) is 1.45. The van der Waals surface area contributed by atoms with Crippen LogP contribution in [0.4, 0.5) is 5.69 Å². The van der Waals surface area contributed by atoms with Gasteiger partial charge >= 0.3 is 5.97 Å². The molecule has 106 valence electrons. The van der Waals surface area contributed by atoms with Crippen molar-refractivity contribution in [2.45, 2.75) is 6.04 Å². The number of rotatable bonds is 5.